The number of alkyl halides is 3. The number of carbonyl (C=O) groups is 1. The van der Waals surface area contributed by atoms with Gasteiger partial charge in [0.2, 0.25) is 11.7 Å². The number of benzene rings is 2. The lowest BCUT2D eigenvalue weighted by molar-refractivity contribution is -0.274. The predicted molar refractivity (Wildman–Crippen MR) is 138 cm³/mol. The van der Waals surface area contributed by atoms with Crippen LogP contribution in [-0.2, 0) is 4.79 Å². The van der Waals surface area contributed by atoms with Gasteiger partial charge in [0.25, 0.3) is 5.89 Å². The molecule has 202 valence electrons. The minimum atomic E-state index is -4.75. The van der Waals surface area contributed by atoms with E-state index in [9.17, 15) is 18.0 Å². The van der Waals surface area contributed by atoms with Crippen molar-refractivity contribution in [3.05, 3.63) is 66.9 Å². The molecule has 0 bridgehead atoms. The van der Waals surface area contributed by atoms with E-state index in [1.807, 2.05) is 0 Å². The molecule has 1 saturated carbocycles. The highest BCUT2D eigenvalue weighted by atomic mass is 19.4. The van der Waals surface area contributed by atoms with Gasteiger partial charge < -0.3 is 25.2 Å². The molecule has 0 atom stereocenters. The number of anilines is 3. The van der Waals surface area contributed by atoms with Crippen molar-refractivity contribution in [1.82, 2.24) is 20.4 Å². The smallest absolute Gasteiger partial charge is 0.406 e. The molecule has 0 unspecified atom stereocenters. The molecule has 1 aliphatic carbocycles. The first-order valence-electron chi connectivity index (χ1n) is 12.4. The number of hydrogen-bond acceptors (Lipinski definition) is 8. The molecular formula is C27H25F3N6O3. The summed E-state index contributed by atoms with van der Waals surface area (Å²) in [6, 6.07) is 16.2. The van der Waals surface area contributed by atoms with E-state index in [1.165, 1.54) is 37.1 Å². The summed E-state index contributed by atoms with van der Waals surface area (Å²) in [7, 11) is 0. The molecule has 2 aromatic heterocycles. The lowest BCUT2D eigenvalue weighted by Crippen LogP contribution is -2.34. The van der Waals surface area contributed by atoms with Gasteiger partial charge >= 0.3 is 6.36 Å². The van der Waals surface area contributed by atoms with Crippen LogP contribution in [0.25, 0.3) is 22.8 Å². The van der Waals surface area contributed by atoms with Crippen LogP contribution in [0.5, 0.6) is 5.75 Å². The Morgan fingerprint density at radius 2 is 1.69 bits per heavy atom. The maximum atomic E-state index is 12.4. The van der Waals surface area contributed by atoms with Gasteiger partial charge in [-0.05, 0) is 73.5 Å². The number of amides is 1. The number of nitrogens with one attached hydrogen (secondary N) is 3. The molecule has 2 heterocycles. The van der Waals surface area contributed by atoms with E-state index in [2.05, 4.69) is 35.8 Å². The minimum absolute atomic E-state index is 0.0950. The zero-order chi connectivity index (χ0) is 27.2. The van der Waals surface area contributed by atoms with Crippen LogP contribution < -0.4 is 20.7 Å². The highest BCUT2D eigenvalue weighted by Gasteiger charge is 2.31. The second-order valence-electron chi connectivity index (χ2n) is 9.04. The topological polar surface area (TPSA) is 114 Å². The van der Waals surface area contributed by atoms with Gasteiger partial charge in [0.05, 0.1) is 6.54 Å². The number of halogens is 3. The predicted octanol–water partition coefficient (Wildman–Crippen LogP) is 5.91. The van der Waals surface area contributed by atoms with Crippen LogP contribution in [-0.4, -0.2) is 40.0 Å². The maximum absolute atomic E-state index is 12.4. The fraction of sp³-hybridized carbons (Fsp3) is 0.259. The molecular weight excluding hydrogens is 513 g/mol. The average molecular weight is 539 g/mol. The fourth-order valence-corrected chi connectivity index (χ4v) is 4.25. The summed E-state index contributed by atoms with van der Waals surface area (Å²) < 4.78 is 46.4. The van der Waals surface area contributed by atoms with Crippen LogP contribution in [0.1, 0.15) is 25.7 Å². The van der Waals surface area contributed by atoms with Crippen LogP contribution in [0.15, 0.2) is 71.4 Å². The van der Waals surface area contributed by atoms with E-state index >= 15 is 0 Å². The van der Waals surface area contributed by atoms with Crippen molar-refractivity contribution in [1.29, 1.82) is 0 Å². The number of rotatable bonds is 9. The van der Waals surface area contributed by atoms with Gasteiger partial charge in [-0.3, -0.25) is 4.79 Å². The molecule has 12 heteroatoms. The van der Waals surface area contributed by atoms with Gasteiger partial charge in [-0.1, -0.05) is 18.0 Å². The van der Waals surface area contributed by atoms with E-state index in [4.69, 9.17) is 4.52 Å². The Morgan fingerprint density at radius 1 is 0.974 bits per heavy atom. The van der Waals surface area contributed by atoms with Gasteiger partial charge in [-0.2, -0.15) is 4.98 Å². The summed E-state index contributed by atoms with van der Waals surface area (Å²) in [6.45, 7) is 0.278. The van der Waals surface area contributed by atoms with Crippen LogP contribution in [0, 0.1) is 0 Å². The van der Waals surface area contributed by atoms with E-state index in [0.717, 1.165) is 12.8 Å². The molecule has 9 nitrogen and oxygen atoms in total. The van der Waals surface area contributed by atoms with Gasteiger partial charge in [0, 0.05) is 34.7 Å². The molecule has 0 aliphatic heterocycles. The Morgan fingerprint density at radius 3 is 2.41 bits per heavy atom. The first-order chi connectivity index (χ1) is 18.8. The summed E-state index contributed by atoms with van der Waals surface area (Å²) >= 11 is 0. The third-order valence-corrected chi connectivity index (χ3v) is 6.13. The summed E-state index contributed by atoms with van der Waals surface area (Å²) in [4.78, 5) is 20.9. The quantitative estimate of drug-likeness (QED) is 0.241. The molecule has 4 aromatic rings. The van der Waals surface area contributed by atoms with Crippen LogP contribution in [0.3, 0.4) is 0 Å². The van der Waals surface area contributed by atoms with Crippen LogP contribution in [0.2, 0.25) is 0 Å². The number of ether oxygens (including phenoxy) is 1. The Balaban J connectivity index is 1.19. The van der Waals surface area contributed by atoms with Crippen molar-refractivity contribution in [3.63, 3.8) is 0 Å². The zero-order valence-corrected chi connectivity index (χ0v) is 20.7. The molecule has 2 aromatic carbocycles. The Hall–Kier alpha value is -4.45. The monoisotopic (exact) mass is 538 g/mol. The van der Waals surface area contributed by atoms with E-state index in [-0.39, 0.29) is 18.2 Å². The summed E-state index contributed by atoms with van der Waals surface area (Å²) in [5, 5.41) is 13.2. The van der Waals surface area contributed by atoms with Crippen molar-refractivity contribution < 1.29 is 27.2 Å². The lowest BCUT2D eigenvalue weighted by atomic mass is 10.2. The first-order valence-corrected chi connectivity index (χ1v) is 12.4. The highest BCUT2D eigenvalue weighted by molar-refractivity contribution is 5.92. The van der Waals surface area contributed by atoms with Crippen LogP contribution in [0.4, 0.5) is 30.4 Å². The number of hydrogen-bond donors (Lipinski definition) is 3. The van der Waals surface area contributed by atoms with Gasteiger partial charge in [0.15, 0.2) is 0 Å². The molecule has 0 radical (unpaired) electrons. The Kier molecular flexibility index (Phi) is 7.73. The summed E-state index contributed by atoms with van der Waals surface area (Å²) in [5.41, 5.74) is 2.49. The van der Waals surface area contributed by atoms with Crippen molar-refractivity contribution in [2.24, 2.45) is 0 Å². The maximum Gasteiger partial charge on any atom is 0.573 e. The largest absolute Gasteiger partial charge is 0.573 e. The third-order valence-electron chi connectivity index (χ3n) is 6.13. The third kappa shape index (κ3) is 7.32. The highest BCUT2D eigenvalue weighted by Crippen LogP contribution is 2.27. The van der Waals surface area contributed by atoms with E-state index in [1.54, 1.807) is 42.6 Å². The molecule has 0 spiro atoms. The number of aromatic nitrogens is 3. The normalized spacial score (nSPS) is 13.8. The van der Waals surface area contributed by atoms with E-state index in [0.29, 0.717) is 46.1 Å². The molecule has 0 saturated heterocycles. The van der Waals surface area contributed by atoms with Crippen molar-refractivity contribution in [2.75, 3.05) is 17.2 Å². The van der Waals surface area contributed by atoms with Crippen molar-refractivity contribution >= 4 is 23.1 Å². The fourth-order valence-electron chi connectivity index (χ4n) is 4.25. The standard InChI is InChI=1S/C27H25F3N6O3/c28-27(29,30)38-22-11-9-20(10-12-22)33-23-15-18(13-14-31-23)25-35-26(39-36-25)17-5-7-21(8-6-17)34-24(37)16-32-19-3-1-2-4-19/h5-15,19,32H,1-4,16H2,(H,31,33)(H,34,37). The molecule has 39 heavy (non-hydrogen) atoms. The first kappa shape index (κ1) is 26.2. The second kappa shape index (κ2) is 11.5. The van der Waals surface area contributed by atoms with Crippen molar-refractivity contribution in [2.45, 2.75) is 38.1 Å². The summed E-state index contributed by atoms with van der Waals surface area (Å²) in [6.07, 6.45) is 1.44. The Labute approximate surface area is 221 Å². The van der Waals surface area contributed by atoms with Crippen LogP contribution >= 0.6 is 0 Å². The molecule has 5 rings (SSSR count). The zero-order valence-electron chi connectivity index (χ0n) is 20.7. The van der Waals surface area contributed by atoms with Gasteiger partial charge in [0.1, 0.15) is 11.6 Å². The van der Waals surface area contributed by atoms with Gasteiger partial charge in [-0.25, -0.2) is 4.98 Å². The SMILES string of the molecule is O=C(CNC1CCCC1)Nc1ccc(-c2nc(-c3ccnc(Nc4ccc(OC(F)(F)F)cc4)c3)no2)cc1. The number of carbonyl (C=O) groups excluding carboxylic acids is 1. The molecule has 1 aliphatic rings. The lowest BCUT2D eigenvalue weighted by Gasteiger charge is -2.11. The number of pyridine rings is 1. The van der Waals surface area contributed by atoms with Crippen molar-refractivity contribution in [3.8, 4) is 28.6 Å². The minimum Gasteiger partial charge on any atom is -0.406 e. The summed E-state index contributed by atoms with van der Waals surface area (Å²) in [5.74, 6) is 0.659. The molecule has 3 N–H and O–H groups in total. The molecule has 1 amide bonds. The van der Waals surface area contributed by atoms with Gasteiger partial charge in [-0.15, -0.1) is 13.2 Å². The second-order valence-corrected chi connectivity index (χ2v) is 9.04. The average Bonchev–Trinajstić information content (AvgIpc) is 3.61. The van der Waals surface area contributed by atoms with E-state index < -0.39 is 6.36 Å². The Bertz CT molecular complexity index is 1400. The number of nitrogens with zero attached hydrogens (tertiary/aromatic N) is 3. The molecule has 1 fully saturated rings.